The molecule has 4 nitrogen and oxygen atoms in total. The predicted octanol–water partition coefficient (Wildman–Crippen LogP) is 2.85. The van der Waals surface area contributed by atoms with Crippen LogP contribution in [0.15, 0.2) is 42.5 Å². The van der Waals surface area contributed by atoms with Crippen LogP contribution < -0.4 is 10.1 Å². The van der Waals surface area contributed by atoms with Crippen LogP contribution in [0.25, 0.3) is 0 Å². The Hall–Kier alpha value is -2.94. The van der Waals surface area contributed by atoms with Crippen molar-refractivity contribution in [2.45, 2.75) is 0 Å². The zero-order valence-corrected chi connectivity index (χ0v) is 10.8. The number of nitrogens with one attached hydrogen (secondary N) is 1. The van der Waals surface area contributed by atoms with E-state index in [1.807, 2.05) is 6.07 Å². The maximum absolute atomic E-state index is 13.3. The molecule has 0 atom stereocenters. The summed E-state index contributed by atoms with van der Waals surface area (Å²) in [5, 5.41) is 10.9. The van der Waals surface area contributed by atoms with Gasteiger partial charge in [-0.25, -0.2) is 8.78 Å². The lowest BCUT2D eigenvalue weighted by molar-refractivity contribution is -0.118. The maximum atomic E-state index is 13.3. The number of carbonyl (C=O) groups is 1. The van der Waals surface area contributed by atoms with Crippen LogP contribution in [0.4, 0.5) is 14.5 Å². The summed E-state index contributed by atoms with van der Waals surface area (Å²) in [6, 6.07) is 11.0. The zero-order valence-electron chi connectivity index (χ0n) is 10.8. The van der Waals surface area contributed by atoms with Crippen molar-refractivity contribution in [1.82, 2.24) is 0 Å². The van der Waals surface area contributed by atoms with Gasteiger partial charge in [-0.2, -0.15) is 5.26 Å². The topological polar surface area (TPSA) is 62.1 Å². The third-order valence-electron chi connectivity index (χ3n) is 2.56. The van der Waals surface area contributed by atoms with E-state index in [4.69, 9.17) is 10.00 Å². The molecule has 0 saturated carbocycles. The monoisotopic (exact) mass is 288 g/mol. The molecule has 0 aliphatic heterocycles. The van der Waals surface area contributed by atoms with Gasteiger partial charge >= 0.3 is 0 Å². The molecule has 1 amide bonds. The van der Waals surface area contributed by atoms with Gasteiger partial charge in [0.2, 0.25) is 0 Å². The van der Waals surface area contributed by atoms with E-state index in [1.165, 1.54) is 0 Å². The number of nitriles is 1. The average Bonchev–Trinajstić information content (AvgIpc) is 2.48. The van der Waals surface area contributed by atoms with Crippen molar-refractivity contribution in [3.05, 3.63) is 59.7 Å². The molecule has 0 aromatic heterocycles. The van der Waals surface area contributed by atoms with Crippen molar-refractivity contribution < 1.29 is 18.3 Å². The molecule has 0 aliphatic carbocycles. The number of hydrogen-bond acceptors (Lipinski definition) is 3. The van der Waals surface area contributed by atoms with Crippen LogP contribution in [0.5, 0.6) is 5.75 Å². The van der Waals surface area contributed by atoms with Gasteiger partial charge in [0.15, 0.2) is 6.61 Å². The highest BCUT2D eigenvalue weighted by Gasteiger charge is 2.08. The van der Waals surface area contributed by atoms with Gasteiger partial charge in [-0.1, -0.05) is 0 Å². The van der Waals surface area contributed by atoms with E-state index in [2.05, 4.69) is 5.32 Å². The number of hydrogen-bond donors (Lipinski definition) is 1. The molecule has 2 aromatic rings. The Kier molecular flexibility index (Phi) is 4.46. The average molecular weight is 288 g/mol. The van der Waals surface area contributed by atoms with Crippen molar-refractivity contribution in [3.8, 4) is 11.8 Å². The molecule has 0 bridgehead atoms. The molecule has 21 heavy (non-hydrogen) atoms. The lowest BCUT2D eigenvalue weighted by Gasteiger charge is -2.08. The summed E-state index contributed by atoms with van der Waals surface area (Å²) in [5.41, 5.74) is 0.352. The smallest absolute Gasteiger partial charge is 0.262 e. The summed E-state index contributed by atoms with van der Waals surface area (Å²) >= 11 is 0. The molecular weight excluding hydrogens is 278 g/mol. The van der Waals surface area contributed by atoms with Crippen LogP contribution in [-0.2, 0) is 4.79 Å². The third-order valence-corrected chi connectivity index (χ3v) is 2.56. The minimum Gasteiger partial charge on any atom is -0.484 e. The third kappa shape index (κ3) is 4.01. The number of amides is 1. The van der Waals surface area contributed by atoms with E-state index in [0.29, 0.717) is 17.4 Å². The second kappa shape index (κ2) is 6.48. The number of ether oxygens (including phenoxy) is 1. The van der Waals surface area contributed by atoms with Crippen LogP contribution in [0.2, 0.25) is 0 Å². The summed E-state index contributed by atoms with van der Waals surface area (Å²) in [7, 11) is 0. The molecule has 0 unspecified atom stereocenters. The lowest BCUT2D eigenvalue weighted by atomic mass is 10.2. The van der Waals surface area contributed by atoms with Crippen LogP contribution in [0, 0.1) is 23.0 Å². The maximum Gasteiger partial charge on any atom is 0.262 e. The zero-order chi connectivity index (χ0) is 15.2. The molecule has 2 aromatic carbocycles. The largest absolute Gasteiger partial charge is 0.484 e. The lowest BCUT2D eigenvalue weighted by Crippen LogP contribution is -2.20. The van der Waals surface area contributed by atoms with Gasteiger partial charge in [0, 0.05) is 6.07 Å². The standard InChI is InChI=1S/C15H10F2N2O2/c16-11-3-6-14(13(17)7-11)19-15(20)9-21-12-4-1-10(8-18)2-5-12/h1-7H,9H2,(H,19,20). The SMILES string of the molecule is N#Cc1ccc(OCC(=O)Nc2ccc(F)cc2F)cc1. The first kappa shape index (κ1) is 14.5. The number of halogens is 2. The summed E-state index contributed by atoms with van der Waals surface area (Å²) < 4.78 is 31.2. The highest BCUT2D eigenvalue weighted by Crippen LogP contribution is 2.15. The van der Waals surface area contributed by atoms with Gasteiger partial charge in [0.25, 0.3) is 5.91 Å². The van der Waals surface area contributed by atoms with Crippen molar-refractivity contribution in [2.75, 3.05) is 11.9 Å². The van der Waals surface area contributed by atoms with Crippen molar-refractivity contribution >= 4 is 11.6 Å². The number of benzene rings is 2. The Morgan fingerprint density at radius 3 is 2.52 bits per heavy atom. The van der Waals surface area contributed by atoms with Crippen LogP contribution in [0.3, 0.4) is 0 Å². The fourth-order valence-electron chi connectivity index (χ4n) is 1.55. The second-order valence-corrected chi connectivity index (χ2v) is 4.10. The number of nitrogens with zero attached hydrogens (tertiary/aromatic N) is 1. The van der Waals surface area contributed by atoms with Gasteiger partial charge in [-0.3, -0.25) is 4.79 Å². The second-order valence-electron chi connectivity index (χ2n) is 4.10. The van der Waals surface area contributed by atoms with E-state index in [0.717, 1.165) is 12.1 Å². The first-order valence-electron chi connectivity index (χ1n) is 5.96. The highest BCUT2D eigenvalue weighted by molar-refractivity contribution is 5.91. The predicted molar refractivity (Wildman–Crippen MR) is 71.6 cm³/mol. The molecule has 2 rings (SSSR count). The number of rotatable bonds is 4. The highest BCUT2D eigenvalue weighted by atomic mass is 19.1. The van der Waals surface area contributed by atoms with Crippen molar-refractivity contribution in [2.24, 2.45) is 0 Å². The normalized spacial score (nSPS) is 9.76. The Balaban J connectivity index is 1.91. The summed E-state index contributed by atoms with van der Waals surface area (Å²) in [5.74, 6) is -1.75. The minimum absolute atomic E-state index is 0.121. The molecule has 0 fully saturated rings. The molecule has 0 radical (unpaired) electrons. The molecule has 0 heterocycles. The number of anilines is 1. The Morgan fingerprint density at radius 2 is 1.90 bits per heavy atom. The molecule has 1 N–H and O–H groups in total. The van der Waals surface area contributed by atoms with Crippen LogP contribution >= 0.6 is 0 Å². The molecule has 0 aliphatic rings. The van der Waals surface area contributed by atoms with Crippen LogP contribution in [0.1, 0.15) is 5.56 Å². The Labute approximate surface area is 119 Å². The fraction of sp³-hybridized carbons (Fsp3) is 0.0667. The molecular formula is C15H10F2N2O2. The first-order valence-corrected chi connectivity index (χ1v) is 5.96. The first-order chi connectivity index (χ1) is 10.1. The summed E-state index contributed by atoms with van der Waals surface area (Å²) in [6.45, 7) is -0.331. The van der Waals surface area contributed by atoms with Gasteiger partial charge in [-0.15, -0.1) is 0 Å². The van der Waals surface area contributed by atoms with E-state index in [-0.39, 0.29) is 12.3 Å². The van der Waals surface area contributed by atoms with E-state index in [1.54, 1.807) is 24.3 Å². The summed E-state index contributed by atoms with van der Waals surface area (Å²) in [6.07, 6.45) is 0. The molecule has 0 spiro atoms. The van der Waals surface area contributed by atoms with Gasteiger partial charge in [0.1, 0.15) is 17.4 Å². The van der Waals surface area contributed by atoms with E-state index >= 15 is 0 Å². The Morgan fingerprint density at radius 1 is 1.19 bits per heavy atom. The van der Waals surface area contributed by atoms with Gasteiger partial charge in [-0.05, 0) is 36.4 Å². The number of carbonyl (C=O) groups excluding carboxylic acids is 1. The summed E-state index contributed by atoms with van der Waals surface area (Å²) in [4.78, 5) is 11.6. The van der Waals surface area contributed by atoms with E-state index in [9.17, 15) is 13.6 Å². The Bertz CT molecular complexity index is 694. The van der Waals surface area contributed by atoms with Crippen LogP contribution in [-0.4, -0.2) is 12.5 Å². The van der Waals surface area contributed by atoms with Gasteiger partial charge < -0.3 is 10.1 Å². The molecule has 0 saturated heterocycles. The molecule has 106 valence electrons. The molecule has 6 heteroatoms. The van der Waals surface area contributed by atoms with Gasteiger partial charge in [0.05, 0.1) is 17.3 Å². The van der Waals surface area contributed by atoms with Crippen molar-refractivity contribution in [3.63, 3.8) is 0 Å². The fourth-order valence-corrected chi connectivity index (χ4v) is 1.55. The minimum atomic E-state index is -0.860. The van der Waals surface area contributed by atoms with E-state index < -0.39 is 17.5 Å². The van der Waals surface area contributed by atoms with Crippen molar-refractivity contribution in [1.29, 1.82) is 5.26 Å². The quantitative estimate of drug-likeness (QED) is 0.941.